The Bertz CT molecular complexity index is 466. The van der Waals surface area contributed by atoms with Crippen molar-refractivity contribution in [2.24, 2.45) is 0 Å². The van der Waals surface area contributed by atoms with Gasteiger partial charge >= 0.3 is 0 Å². The lowest BCUT2D eigenvalue weighted by molar-refractivity contribution is -0.121. The lowest BCUT2D eigenvalue weighted by Gasteiger charge is -2.23. The van der Waals surface area contributed by atoms with Gasteiger partial charge in [0.1, 0.15) is 5.25 Å². The number of rotatable bonds is 3. The Morgan fingerprint density at radius 2 is 2.00 bits per heavy atom. The van der Waals surface area contributed by atoms with Crippen LogP contribution in [0.25, 0.3) is 0 Å². The first-order chi connectivity index (χ1) is 8.20. The molecule has 100 valence electrons. The zero-order valence-electron chi connectivity index (χ0n) is 11.2. The summed E-state index contributed by atoms with van der Waals surface area (Å²) in [5.74, 6) is -0.219. The molecule has 0 saturated heterocycles. The molecule has 5 heteroatoms. The molecule has 1 rings (SSSR count). The number of carbonyl (C=O) groups is 1. The van der Waals surface area contributed by atoms with Crippen molar-refractivity contribution >= 4 is 22.4 Å². The summed E-state index contributed by atoms with van der Waals surface area (Å²) in [6.45, 7) is 7.32. The number of nitrogens with one attached hydrogen (secondary N) is 1. The van der Waals surface area contributed by atoms with Crippen LogP contribution >= 0.6 is 0 Å². The summed E-state index contributed by atoms with van der Waals surface area (Å²) in [6, 6.07) is 6.81. The minimum absolute atomic E-state index is 0.219. The molecule has 3 N–H and O–H groups in total. The van der Waals surface area contributed by atoms with E-state index in [0.29, 0.717) is 10.6 Å². The summed E-state index contributed by atoms with van der Waals surface area (Å²) in [5, 5.41) is 2.22. The number of amides is 1. The van der Waals surface area contributed by atoms with Crippen LogP contribution in [0.3, 0.4) is 0 Å². The number of nitrogens with two attached hydrogens (primary N) is 1. The third-order valence-electron chi connectivity index (χ3n) is 2.28. The molecule has 0 saturated carbocycles. The van der Waals surface area contributed by atoms with Crippen molar-refractivity contribution in [3.8, 4) is 0 Å². The molecule has 4 nitrogen and oxygen atoms in total. The summed E-state index contributed by atoms with van der Waals surface area (Å²) >= 11 is 0. The monoisotopic (exact) mass is 268 g/mol. The van der Waals surface area contributed by atoms with Gasteiger partial charge in [-0.05, 0) is 45.9 Å². The summed E-state index contributed by atoms with van der Waals surface area (Å²) in [7, 11) is -1.40. The zero-order valence-corrected chi connectivity index (χ0v) is 12.0. The lowest BCUT2D eigenvalue weighted by atomic mass is 10.1. The molecule has 0 aliphatic heterocycles. The fourth-order valence-corrected chi connectivity index (χ4v) is 2.54. The highest BCUT2D eigenvalue weighted by Crippen LogP contribution is 2.15. The minimum atomic E-state index is -1.40. The van der Waals surface area contributed by atoms with Crippen LogP contribution in [0.15, 0.2) is 29.2 Å². The second kappa shape index (κ2) is 5.52. The average molecular weight is 268 g/mol. The number of anilines is 1. The maximum atomic E-state index is 12.2. The van der Waals surface area contributed by atoms with Gasteiger partial charge in [-0.25, -0.2) is 0 Å². The summed E-state index contributed by atoms with van der Waals surface area (Å²) in [4.78, 5) is 12.5. The molecule has 0 spiro atoms. The molecule has 0 aromatic heterocycles. The molecule has 2 unspecified atom stereocenters. The van der Waals surface area contributed by atoms with Crippen LogP contribution in [0, 0.1) is 0 Å². The van der Waals surface area contributed by atoms with Crippen LogP contribution in [0.5, 0.6) is 0 Å². The number of nitrogen functional groups attached to an aromatic ring is 1. The van der Waals surface area contributed by atoms with E-state index >= 15 is 0 Å². The van der Waals surface area contributed by atoms with E-state index in [0.717, 1.165) is 0 Å². The van der Waals surface area contributed by atoms with Gasteiger partial charge in [0.2, 0.25) is 5.91 Å². The van der Waals surface area contributed by atoms with E-state index in [2.05, 4.69) is 5.32 Å². The van der Waals surface area contributed by atoms with Gasteiger partial charge < -0.3 is 11.1 Å². The fraction of sp³-hybridized carbons (Fsp3) is 0.462. The largest absolute Gasteiger partial charge is 0.399 e. The predicted molar refractivity (Wildman–Crippen MR) is 74.6 cm³/mol. The van der Waals surface area contributed by atoms with E-state index in [1.165, 1.54) is 0 Å². The van der Waals surface area contributed by atoms with E-state index in [1.54, 1.807) is 31.2 Å². The van der Waals surface area contributed by atoms with Gasteiger partial charge in [-0.15, -0.1) is 0 Å². The average Bonchev–Trinajstić information content (AvgIpc) is 2.24. The number of benzene rings is 1. The molecule has 1 aromatic carbocycles. The van der Waals surface area contributed by atoms with Gasteiger partial charge in [0.25, 0.3) is 0 Å². The van der Waals surface area contributed by atoms with Crippen LogP contribution in [0.1, 0.15) is 27.7 Å². The second-order valence-electron chi connectivity index (χ2n) is 5.25. The first kappa shape index (κ1) is 14.7. The molecular formula is C13H20N2O2S. The maximum Gasteiger partial charge on any atom is 0.236 e. The van der Waals surface area contributed by atoms with Gasteiger partial charge in [-0.3, -0.25) is 9.00 Å². The predicted octanol–water partition coefficient (Wildman–Crippen LogP) is 1.68. The molecule has 18 heavy (non-hydrogen) atoms. The zero-order chi connectivity index (χ0) is 13.9. The van der Waals surface area contributed by atoms with Crippen LogP contribution in [-0.4, -0.2) is 20.9 Å². The SMILES string of the molecule is CC(C(=O)NC(C)(C)C)S(=O)c1cccc(N)c1. The highest BCUT2D eigenvalue weighted by molar-refractivity contribution is 7.86. The highest BCUT2D eigenvalue weighted by atomic mass is 32.2. The lowest BCUT2D eigenvalue weighted by Crippen LogP contribution is -2.46. The van der Waals surface area contributed by atoms with Crippen LogP contribution in [0.4, 0.5) is 5.69 Å². The summed E-state index contributed by atoms with van der Waals surface area (Å²) in [5.41, 5.74) is 5.86. The van der Waals surface area contributed by atoms with Crippen LogP contribution in [0.2, 0.25) is 0 Å². The van der Waals surface area contributed by atoms with Crippen molar-refractivity contribution in [2.45, 2.75) is 43.4 Å². The molecule has 1 aromatic rings. The van der Waals surface area contributed by atoms with Crippen LogP contribution < -0.4 is 11.1 Å². The smallest absolute Gasteiger partial charge is 0.236 e. The summed E-state index contributed by atoms with van der Waals surface area (Å²) in [6.07, 6.45) is 0. The Hall–Kier alpha value is -1.36. The standard InChI is InChI=1S/C13H20N2O2S/c1-9(12(16)15-13(2,3)4)18(17)11-7-5-6-10(14)8-11/h5-9H,14H2,1-4H3,(H,15,16). The molecule has 0 bridgehead atoms. The number of hydrogen-bond acceptors (Lipinski definition) is 3. The summed E-state index contributed by atoms with van der Waals surface area (Å²) < 4.78 is 12.2. The Balaban J connectivity index is 2.81. The van der Waals surface area contributed by atoms with E-state index in [1.807, 2.05) is 20.8 Å². The molecule has 0 heterocycles. The van der Waals surface area contributed by atoms with Gasteiger partial charge in [0.15, 0.2) is 0 Å². The molecular weight excluding hydrogens is 248 g/mol. The van der Waals surface area contributed by atoms with Crippen LogP contribution in [-0.2, 0) is 15.6 Å². The van der Waals surface area contributed by atoms with Gasteiger partial charge in [0.05, 0.1) is 10.8 Å². The third kappa shape index (κ3) is 4.14. The Morgan fingerprint density at radius 3 is 2.50 bits per heavy atom. The minimum Gasteiger partial charge on any atom is -0.399 e. The third-order valence-corrected chi connectivity index (χ3v) is 3.85. The molecule has 0 fully saturated rings. The van der Waals surface area contributed by atoms with E-state index in [-0.39, 0.29) is 11.4 Å². The van der Waals surface area contributed by atoms with Gasteiger partial charge in [-0.1, -0.05) is 6.07 Å². The first-order valence-electron chi connectivity index (χ1n) is 5.79. The fourth-order valence-electron chi connectivity index (χ4n) is 1.41. The van der Waals surface area contributed by atoms with Crippen molar-refractivity contribution in [1.82, 2.24) is 5.32 Å². The number of hydrogen-bond donors (Lipinski definition) is 2. The van der Waals surface area contributed by atoms with E-state index in [9.17, 15) is 9.00 Å². The van der Waals surface area contributed by atoms with Gasteiger partial charge in [0, 0.05) is 16.1 Å². The molecule has 0 aliphatic carbocycles. The molecule has 1 amide bonds. The topological polar surface area (TPSA) is 72.2 Å². The Morgan fingerprint density at radius 1 is 1.39 bits per heavy atom. The van der Waals surface area contributed by atoms with Gasteiger partial charge in [-0.2, -0.15) is 0 Å². The highest BCUT2D eigenvalue weighted by Gasteiger charge is 2.24. The number of carbonyl (C=O) groups excluding carboxylic acids is 1. The first-order valence-corrected chi connectivity index (χ1v) is 7.00. The van der Waals surface area contributed by atoms with Crippen molar-refractivity contribution in [1.29, 1.82) is 0 Å². The normalized spacial score (nSPS) is 14.9. The van der Waals surface area contributed by atoms with E-state index in [4.69, 9.17) is 5.73 Å². The van der Waals surface area contributed by atoms with Crippen molar-refractivity contribution < 1.29 is 9.00 Å². The molecule has 0 radical (unpaired) electrons. The maximum absolute atomic E-state index is 12.2. The Labute approximate surface area is 110 Å². The molecule has 2 atom stereocenters. The van der Waals surface area contributed by atoms with Crippen molar-refractivity contribution in [3.63, 3.8) is 0 Å². The van der Waals surface area contributed by atoms with E-state index < -0.39 is 16.0 Å². The van der Waals surface area contributed by atoms with Crippen molar-refractivity contribution in [3.05, 3.63) is 24.3 Å². The second-order valence-corrected chi connectivity index (χ2v) is 7.02. The molecule has 0 aliphatic rings. The quantitative estimate of drug-likeness (QED) is 0.819. The van der Waals surface area contributed by atoms with Crippen molar-refractivity contribution in [2.75, 3.05) is 5.73 Å². The Kier molecular flexibility index (Phi) is 4.51.